The van der Waals surface area contributed by atoms with Crippen molar-refractivity contribution in [1.29, 1.82) is 0 Å². The van der Waals surface area contributed by atoms with Crippen molar-refractivity contribution in [3.8, 4) is 11.3 Å². The summed E-state index contributed by atoms with van der Waals surface area (Å²) in [6.07, 6.45) is 0. The van der Waals surface area contributed by atoms with E-state index >= 15 is 0 Å². The highest BCUT2D eigenvalue weighted by Gasteiger charge is 2.21. The fourth-order valence-corrected chi connectivity index (χ4v) is 2.99. The lowest BCUT2D eigenvalue weighted by molar-refractivity contribution is -0.884. The molecule has 1 aromatic carbocycles. The van der Waals surface area contributed by atoms with Crippen LogP contribution >= 0.6 is 23.2 Å². The van der Waals surface area contributed by atoms with Gasteiger partial charge >= 0.3 is 5.91 Å². The van der Waals surface area contributed by atoms with Gasteiger partial charge in [0.05, 0.1) is 38.2 Å². The molecule has 0 aliphatic carbocycles. The molecule has 0 unspecified atom stereocenters. The number of nitrogens with zero attached hydrogens (tertiary/aromatic N) is 1. The summed E-state index contributed by atoms with van der Waals surface area (Å²) in [5, 5.41) is 2.97. The largest absolute Gasteiger partial charge is 0.451 e. The van der Waals surface area contributed by atoms with Crippen molar-refractivity contribution in [1.82, 2.24) is 10.4 Å². The molecule has 3 rings (SSSR count). The van der Waals surface area contributed by atoms with Crippen LogP contribution in [0.15, 0.2) is 34.7 Å². The Morgan fingerprint density at radius 1 is 1.22 bits per heavy atom. The van der Waals surface area contributed by atoms with Gasteiger partial charge in [-0.25, -0.2) is 5.01 Å². The summed E-state index contributed by atoms with van der Waals surface area (Å²) >= 11 is 12.1. The Labute approximate surface area is 144 Å². The number of carbonyl (C=O) groups excluding carboxylic acids is 1. The van der Waals surface area contributed by atoms with Crippen molar-refractivity contribution >= 4 is 29.1 Å². The number of amides is 1. The SMILES string of the molecule is C[NH+]1CCN(NC(=O)c2ccc(-c3ccc(Cl)cc3Cl)o2)CC1. The highest BCUT2D eigenvalue weighted by molar-refractivity contribution is 6.36. The minimum absolute atomic E-state index is 0.249. The molecule has 0 radical (unpaired) electrons. The minimum atomic E-state index is -0.249. The van der Waals surface area contributed by atoms with E-state index in [4.69, 9.17) is 27.6 Å². The second kappa shape index (κ2) is 6.93. The van der Waals surface area contributed by atoms with E-state index in [2.05, 4.69) is 12.5 Å². The number of nitrogens with one attached hydrogen (secondary N) is 2. The Kier molecular flexibility index (Phi) is 4.92. The van der Waals surface area contributed by atoms with Gasteiger partial charge in [0, 0.05) is 10.6 Å². The van der Waals surface area contributed by atoms with Crippen LogP contribution in [-0.4, -0.2) is 44.1 Å². The van der Waals surface area contributed by atoms with Crippen molar-refractivity contribution in [3.05, 3.63) is 46.1 Å². The molecule has 23 heavy (non-hydrogen) atoms. The van der Waals surface area contributed by atoms with Crippen molar-refractivity contribution < 1.29 is 14.1 Å². The molecule has 7 heteroatoms. The molecule has 0 spiro atoms. The second-order valence-electron chi connectivity index (χ2n) is 5.67. The van der Waals surface area contributed by atoms with Gasteiger partial charge in [0.15, 0.2) is 5.76 Å². The van der Waals surface area contributed by atoms with Gasteiger partial charge in [-0.15, -0.1) is 0 Å². The predicted octanol–water partition coefficient (Wildman–Crippen LogP) is 1.73. The molecule has 1 aliphatic rings. The van der Waals surface area contributed by atoms with Crippen LogP contribution in [0.2, 0.25) is 10.0 Å². The van der Waals surface area contributed by atoms with E-state index in [1.165, 1.54) is 4.90 Å². The molecule has 0 atom stereocenters. The number of carbonyl (C=O) groups is 1. The number of piperazine rings is 1. The topological polar surface area (TPSA) is 49.9 Å². The molecule has 122 valence electrons. The zero-order valence-electron chi connectivity index (χ0n) is 12.7. The standard InChI is InChI=1S/C16H17Cl2N3O2/c1-20-6-8-21(9-7-20)19-16(22)15-5-4-14(23-15)12-3-2-11(17)10-13(12)18/h2-5,10H,6-9H2,1H3,(H,19,22)/p+1. The van der Waals surface area contributed by atoms with Crippen LogP contribution in [0.1, 0.15) is 10.6 Å². The third kappa shape index (κ3) is 3.87. The van der Waals surface area contributed by atoms with Crippen LogP contribution in [-0.2, 0) is 0 Å². The van der Waals surface area contributed by atoms with E-state index in [9.17, 15) is 4.79 Å². The normalized spacial score (nSPS) is 16.5. The van der Waals surface area contributed by atoms with E-state index in [-0.39, 0.29) is 11.7 Å². The maximum absolute atomic E-state index is 12.3. The molecule has 0 saturated carbocycles. The molecule has 1 amide bonds. The summed E-state index contributed by atoms with van der Waals surface area (Å²) in [5.74, 6) is 0.554. The lowest BCUT2D eigenvalue weighted by Crippen LogP contribution is -3.12. The van der Waals surface area contributed by atoms with Crippen molar-refractivity contribution in [2.75, 3.05) is 33.2 Å². The number of furan rings is 1. The first-order valence-corrected chi connectivity index (χ1v) is 8.21. The number of halogens is 2. The van der Waals surface area contributed by atoms with Gasteiger partial charge in [0.25, 0.3) is 0 Å². The molecule has 5 nitrogen and oxygen atoms in total. The molecule has 1 aromatic heterocycles. The van der Waals surface area contributed by atoms with Crippen LogP contribution < -0.4 is 10.3 Å². The van der Waals surface area contributed by atoms with Gasteiger partial charge < -0.3 is 9.32 Å². The maximum Gasteiger partial charge on any atom is 0.301 e. The predicted molar refractivity (Wildman–Crippen MR) is 89.8 cm³/mol. The van der Waals surface area contributed by atoms with E-state index < -0.39 is 0 Å². The van der Waals surface area contributed by atoms with E-state index in [0.717, 1.165) is 26.2 Å². The summed E-state index contributed by atoms with van der Waals surface area (Å²) in [5.41, 5.74) is 3.58. The molecular formula is C16H18Cl2N3O2+. The molecule has 2 N–H and O–H groups in total. The van der Waals surface area contributed by atoms with Gasteiger partial charge in [-0.3, -0.25) is 10.2 Å². The lowest BCUT2D eigenvalue weighted by atomic mass is 10.2. The molecule has 0 bridgehead atoms. The van der Waals surface area contributed by atoms with Crippen LogP contribution in [0.25, 0.3) is 11.3 Å². The van der Waals surface area contributed by atoms with Crippen LogP contribution in [0.5, 0.6) is 0 Å². The molecule has 1 fully saturated rings. The third-order valence-corrected chi connectivity index (χ3v) is 4.45. The van der Waals surface area contributed by atoms with Crippen LogP contribution in [0.4, 0.5) is 0 Å². The van der Waals surface area contributed by atoms with Gasteiger partial charge in [0.2, 0.25) is 0 Å². The van der Waals surface area contributed by atoms with Crippen LogP contribution in [0, 0.1) is 0 Å². The first-order valence-electron chi connectivity index (χ1n) is 7.45. The number of rotatable bonds is 3. The monoisotopic (exact) mass is 354 g/mol. The maximum atomic E-state index is 12.3. The Morgan fingerprint density at radius 3 is 2.65 bits per heavy atom. The van der Waals surface area contributed by atoms with E-state index in [0.29, 0.717) is 21.4 Å². The summed E-state index contributed by atoms with van der Waals surface area (Å²) < 4.78 is 5.64. The fourth-order valence-electron chi connectivity index (χ4n) is 2.49. The van der Waals surface area contributed by atoms with Gasteiger partial charge in [-0.2, -0.15) is 0 Å². The average Bonchev–Trinajstić information content (AvgIpc) is 2.99. The Morgan fingerprint density at radius 2 is 1.96 bits per heavy atom. The van der Waals surface area contributed by atoms with Gasteiger partial charge in [-0.1, -0.05) is 23.2 Å². The van der Waals surface area contributed by atoms with Gasteiger partial charge in [-0.05, 0) is 30.3 Å². The number of likely N-dealkylation sites (N-methyl/N-ethyl adjacent to an activating group) is 1. The number of hydrazine groups is 1. The fraction of sp³-hybridized carbons (Fsp3) is 0.312. The van der Waals surface area contributed by atoms with E-state index in [1.54, 1.807) is 30.3 Å². The molecule has 2 heterocycles. The number of hydrogen-bond acceptors (Lipinski definition) is 3. The lowest BCUT2D eigenvalue weighted by Gasteiger charge is -2.29. The molecule has 1 aliphatic heterocycles. The third-order valence-electron chi connectivity index (χ3n) is 3.90. The van der Waals surface area contributed by atoms with Crippen molar-refractivity contribution in [2.24, 2.45) is 0 Å². The Bertz CT molecular complexity index is 709. The Hall–Kier alpha value is -1.53. The first kappa shape index (κ1) is 16.3. The molecule has 1 saturated heterocycles. The van der Waals surface area contributed by atoms with Gasteiger partial charge in [0.1, 0.15) is 5.76 Å². The average molecular weight is 355 g/mol. The second-order valence-corrected chi connectivity index (χ2v) is 6.52. The van der Waals surface area contributed by atoms with Crippen molar-refractivity contribution in [2.45, 2.75) is 0 Å². The quantitative estimate of drug-likeness (QED) is 0.882. The molecular weight excluding hydrogens is 337 g/mol. The number of hydrogen-bond donors (Lipinski definition) is 2. The number of benzene rings is 1. The zero-order chi connectivity index (χ0) is 16.4. The van der Waals surface area contributed by atoms with Crippen molar-refractivity contribution in [3.63, 3.8) is 0 Å². The zero-order valence-corrected chi connectivity index (χ0v) is 14.2. The van der Waals surface area contributed by atoms with E-state index in [1.807, 2.05) is 5.01 Å². The summed E-state index contributed by atoms with van der Waals surface area (Å²) in [7, 11) is 2.15. The first-order chi connectivity index (χ1) is 11.0. The summed E-state index contributed by atoms with van der Waals surface area (Å²) in [6, 6.07) is 8.54. The smallest absolute Gasteiger partial charge is 0.301 e. The molecule has 2 aromatic rings. The summed E-state index contributed by atoms with van der Waals surface area (Å²) in [6.45, 7) is 3.66. The summed E-state index contributed by atoms with van der Waals surface area (Å²) in [4.78, 5) is 13.7. The minimum Gasteiger partial charge on any atom is -0.451 e. The Balaban J connectivity index is 1.70. The number of quaternary nitrogens is 1. The highest BCUT2D eigenvalue weighted by atomic mass is 35.5. The van der Waals surface area contributed by atoms with Crippen LogP contribution in [0.3, 0.4) is 0 Å². The highest BCUT2D eigenvalue weighted by Crippen LogP contribution is 2.31.